The molecule has 0 atom stereocenters. The molecule has 5 heteroatoms. The molecule has 1 aliphatic carbocycles. The highest BCUT2D eigenvalue weighted by atomic mass is 16.2. The van der Waals surface area contributed by atoms with Crippen molar-refractivity contribution in [2.75, 3.05) is 19.6 Å². The van der Waals surface area contributed by atoms with Crippen molar-refractivity contribution < 1.29 is 9.59 Å². The Balaban J connectivity index is 1.55. The highest BCUT2D eigenvalue weighted by Crippen LogP contribution is 2.35. The standard InChI is InChI=1S/C14H19N3O2/c18-13(16-7-1-2-8-16)10-15-14(19)12-4-3-9-17(12)11-5-6-11/h3-4,9,11H,1-2,5-8,10H2,(H,15,19). The summed E-state index contributed by atoms with van der Waals surface area (Å²) in [6.07, 6.45) is 6.37. The summed E-state index contributed by atoms with van der Waals surface area (Å²) in [6.45, 7) is 1.76. The Labute approximate surface area is 112 Å². The van der Waals surface area contributed by atoms with Gasteiger partial charge in [0.15, 0.2) is 0 Å². The first-order chi connectivity index (χ1) is 9.25. The van der Waals surface area contributed by atoms with Crippen LogP contribution in [0.3, 0.4) is 0 Å². The van der Waals surface area contributed by atoms with E-state index < -0.39 is 0 Å². The van der Waals surface area contributed by atoms with Gasteiger partial charge >= 0.3 is 0 Å². The monoisotopic (exact) mass is 261 g/mol. The third-order valence-electron chi connectivity index (χ3n) is 3.81. The zero-order valence-corrected chi connectivity index (χ0v) is 11.0. The average molecular weight is 261 g/mol. The lowest BCUT2D eigenvalue weighted by Gasteiger charge is -2.15. The molecule has 0 aromatic carbocycles. The fraction of sp³-hybridized carbons (Fsp3) is 0.571. The molecule has 3 rings (SSSR count). The Hall–Kier alpha value is -1.78. The summed E-state index contributed by atoms with van der Waals surface area (Å²) in [4.78, 5) is 25.8. The lowest BCUT2D eigenvalue weighted by molar-refractivity contribution is -0.129. The van der Waals surface area contributed by atoms with Gasteiger partial charge in [0.2, 0.25) is 5.91 Å². The van der Waals surface area contributed by atoms with Crippen LogP contribution in [0.1, 0.15) is 42.2 Å². The molecule has 0 bridgehead atoms. The zero-order chi connectivity index (χ0) is 13.2. The van der Waals surface area contributed by atoms with Crippen molar-refractivity contribution in [1.29, 1.82) is 0 Å². The number of carbonyl (C=O) groups excluding carboxylic acids is 2. The molecule has 0 unspecified atom stereocenters. The number of hydrogen-bond donors (Lipinski definition) is 1. The second-order valence-electron chi connectivity index (χ2n) is 5.30. The molecule has 1 aromatic heterocycles. The second-order valence-corrected chi connectivity index (χ2v) is 5.30. The quantitative estimate of drug-likeness (QED) is 0.884. The molecule has 19 heavy (non-hydrogen) atoms. The number of likely N-dealkylation sites (tertiary alicyclic amines) is 1. The predicted octanol–water partition coefficient (Wildman–Crippen LogP) is 1.18. The summed E-state index contributed by atoms with van der Waals surface area (Å²) >= 11 is 0. The lowest BCUT2D eigenvalue weighted by Crippen LogP contribution is -2.39. The minimum Gasteiger partial charge on any atom is -0.342 e. The van der Waals surface area contributed by atoms with E-state index in [0.717, 1.165) is 38.8 Å². The number of amides is 2. The molecular weight excluding hydrogens is 242 g/mol. The third kappa shape index (κ3) is 2.64. The molecule has 5 nitrogen and oxygen atoms in total. The number of hydrogen-bond acceptors (Lipinski definition) is 2. The van der Waals surface area contributed by atoms with Crippen LogP contribution in [0, 0.1) is 0 Å². The molecule has 2 heterocycles. The van der Waals surface area contributed by atoms with Crippen molar-refractivity contribution in [1.82, 2.24) is 14.8 Å². The van der Waals surface area contributed by atoms with E-state index in [-0.39, 0.29) is 18.4 Å². The van der Waals surface area contributed by atoms with Gasteiger partial charge in [0.05, 0.1) is 6.54 Å². The first kappa shape index (κ1) is 12.3. The van der Waals surface area contributed by atoms with Crippen molar-refractivity contribution >= 4 is 11.8 Å². The molecule has 1 aromatic rings. The van der Waals surface area contributed by atoms with Crippen molar-refractivity contribution in [3.05, 3.63) is 24.0 Å². The van der Waals surface area contributed by atoms with E-state index in [0.29, 0.717) is 11.7 Å². The molecular formula is C14H19N3O2. The van der Waals surface area contributed by atoms with Crippen LogP contribution >= 0.6 is 0 Å². The Kier molecular flexibility index (Phi) is 3.27. The van der Waals surface area contributed by atoms with Crippen LogP contribution in [-0.2, 0) is 4.79 Å². The number of nitrogens with zero attached hydrogens (tertiary/aromatic N) is 2. The Morgan fingerprint density at radius 2 is 2.00 bits per heavy atom. The van der Waals surface area contributed by atoms with E-state index in [4.69, 9.17) is 0 Å². The first-order valence-electron chi connectivity index (χ1n) is 6.98. The van der Waals surface area contributed by atoms with E-state index in [1.807, 2.05) is 27.8 Å². The highest BCUT2D eigenvalue weighted by molar-refractivity contribution is 5.95. The molecule has 2 amide bonds. The topological polar surface area (TPSA) is 54.3 Å². The SMILES string of the molecule is O=C(NCC(=O)N1CCCC1)c1cccn1C1CC1. The summed E-state index contributed by atoms with van der Waals surface area (Å²) < 4.78 is 2.01. The van der Waals surface area contributed by atoms with Crippen molar-refractivity contribution in [3.63, 3.8) is 0 Å². The average Bonchev–Trinajstić information content (AvgIpc) is 2.96. The molecule has 1 saturated heterocycles. The maximum absolute atomic E-state index is 12.1. The molecule has 2 aliphatic rings. The van der Waals surface area contributed by atoms with Gasteiger partial charge in [0, 0.05) is 25.3 Å². The maximum atomic E-state index is 12.1. The van der Waals surface area contributed by atoms with Gasteiger partial charge in [-0.25, -0.2) is 0 Å². The minimum atomic E-state index is -0.149. The number of nitrogens with one attached hydrogen (secondary N) is 1. The fourth-order valence-electron chi connectivity index (χ4n) is 2.58. The van der Waals surface area contributed by atoms with Gasteiger partial charge in [-0.15, -0.1) is 0 Å². The van der Waals surface area contributed by atoms with Gasteiger partial charge in [0.1, 0.15) is 5.69 Å². The van der Waals surface area contributed by atoms with Crippen molar-refractivity contribution in [3.8, 4) is 0 Å². The van der Waals surface area contributed by atoms with E-state index in [9.17, 15) is 9.59 Å². The van der Waals surface area contributed by atoms with Crippen LogP contribution in [0.5, 0.6) is 0 Å². The lowest BCUT2D eigenvalue weighted by atomic mass is 10.3. The Morgan fingerprint density at radius 1 is 1.26 bits per heavy atom. The van der Waals surface area contributed by atoms with Gasteiger partial charge in [-0.2, -0.15) is 0 Å². The van der Waals surface area contributed by atoms with Gasteiger partial charge in [-0.1, -0.05) is 0 Å². The van der Waals surface area contributed by atoms with Gasteiger partial charge < -0.3 is 14.8 Å². The summed E-state index contributed by atoms with van der Waals surface area (Å²) in [5, 5.41) is 2.73. The van der Waals surface area contributed by atoms with E-state index in [1.54, 1.807) is 0 Å². The fourth-order valence-corrected chi connectivity index (χ4v) is 2.58. The predicted molar refractivity (Wildman–Crippen MR) is 70.9 cm³/mol. The van der Waals surface area contributed by atoms with Gasteiger partial charge in [0.25, 0.3) is 5.91 Å². The van der Waals surface area contributed by atoms with Crippen LogP contribution in [0.4, 0.5) is 0 Å². The van der Waals surface area contributed by atoms with E-state index >= 15 is 0 Å². The third-order valence-corrected chi connectivity index (χ3v) is 3.81. The Bertz CT molecular complexity index is 485. The molecule has 1 aliphatic heterocycles. The largest absolute Gasteiger partial charge is 0.342 e. The highest BCUT2D eigenvalue weighted by Gasteiger charge is 2.27. The molecule has 0 spiro atoms. The van der Waals surface area contributed by atoms with Crippen LogP contribution in [0.15, 0.2) is 18.3 Å². The van der Waals surface area contributed by atoms with Crippen LogP contribution < -0.4 is 5.32 Å². The molecule has 102 valence electrons. The molecule has 1 N–H and O–H groups in total. The molecule has 0 radical (unpaired) electrons. The molecule has 1 saturated carbocycles. The number of rotatable bonds is 4. The zero-order valence-electron chi connectivity index (χ0n) is 11.0. The molecule has 2 fully saturated rings. The summed E-state index contributed by atoms with van der Waals surface area (Å²) in [7, 11) is 0. The maximum Gasteiger partial charge on any atom is 0.268 e. The number of carbonyl (C=O) groups is 2. The minimum absolute atomic E-state index is 0.0235. The van der Waals surface area contributed by atoms with Crippen LogP contribution in [0.2, 0.25) is 0 Å². The normalized spacial score (nSPS) is 18.6. The first-order valence-corrected chi connectivity index (χ1v) is 6.98. The summed E-state index contributed by atoms with van der Waals surface area (Å²) in [5.74, 6) is -0.125. The van der Waals surface area contributed by atoms with Gasteiger partial charge in [-0.3, -0.25) is 9.59 Å². The van der Waals surface area contributed by atoms with Crippen LogP contribution in [-0.4, -0.2) is 40.9 Å². The number of aromatic nitrogens is 1. The second kappa shape index (κ2) is 5.07. The Morgan fingerprint density at radius 3 is 2.68 bits per heavy atom. The van der Waals surface area contributed by atoms with E-state index in [2.05, 4.69) is 5.32 Å². The summed E-state index contributed by atoms with van der Waals surface area (Å²) in [6, 6.07) is 4.17. The van der Waals surface area contributed by atoms with E-state index in [1.165, 1.54) is 0 Å². The van der Waals surface area contributed by atoms with Crippen molar-refractivity contribution in [2.45, 2.75) is 31.7 Å². The van der Waals surface area contributed by atoms with Crippen molar-refractivity contribution in [2.24, 2.45) is 0 Å². The van der Waals surface area contributed by atoms with Gasteiger partial charge in [-0.05, 0) is 37.8 Å². The van der Waals surface area contributed by atoms with Crippen LogP contribution in [0.25, 0.3) is 0 Å². The summed E-state index contributed by atoms with van der Waals surface area (Å²) in [5.41, 5.74) is 0.664. The smallest absolute Gasteiger partial charge is 0.268 e.